The summed E-state index contributed by atoms with van der Waals surface area (Å²) < 4.78 is 18.8. The molecule has 1 aromatic heterocycles. The summed E-state index contributed by atoms with van der Waals surface area (Å²) in [6.07, 6.45) is 1.35. The normalized spacial score (nSPS) is 10.4. The smallest absolute Gasteiger partial charge is 0.277 e. The van der Waals surface area contributed by atoms with E-state index in [9.17, 15) is 9.18 Å². The Morgan fingerprint density at radius 3 is 2.88 bits per heavy atom. The second-order valence-electron chi connectivity index (χ2n) is 5.20. The number of anilines is 1. The predicted octanol–water partition coefficient (Wildman–Crippen LogP) is 3.08. The number of hydrogen-bond donors (Lipinski definition) is 2. The zero-order valence-electron chi connectivity index (χ0n) is 12.9. The molecular weight excluding hydrogens is 311 g/mol. The minimum atomic E-state index is -0.347. The number of H-pyrrole nitrogens is 1. The Morgan fingerprint density at radius 1 is 1.29 bits per heavy atom. The van der Waals surface area contributed by atoms with Crippen molar-refractivity contribution in [3.8, 4) is 5.75 Å². The summed E-state index contributed by atoms with van der Waals surface area (Å²) in [4.78, 5) is 12.0. The van der Waals surface area contributed by atoms with Crippen molar-refractivity contribution in [2.75, 3.05) is 5.32 Å². The van der Waals surface area contributed by atoms with Gasteiger partial charge in [-0.3, -0.25) is 4.79 Å². The predicted molar refractivity (Wildman–Crippen MR) is 86.2 cm³/mol. The fourth-order valence-corrected chi connectivity index (χ4v) is 2.16. The van der Waals surface area contributed by atoms with Gasteiger partial charge in [0.15, 0.2) is 5.69 Å². The van der Waals surface area contributed by atoms with Crippen LogP contribution in [0.15, 0.2) is 48.7 Å². The van der Waals surface area contributed by atoms with Crippen LogP contribution in [0.5, 0.6) is 5.75 Å². The van der Waals surface area contributed by atoms with Crippen LogP contribution in [-0.4, -0.2) is 21.3 Å². The summed E-state index contributed by atoms with van der Waals surface area (Å²) in [6, 6.07) is 11.5. The molecule has 0 atom stereocenters. The third-order valence-corrected chi connectivity index (χ3v) is 3.39. The molecule has 0 saturated carbocycles. The zero-order valence-corrected chi connectivity index (χ0v) is 12.9. The number of aromatic amines is 1. The van der Waals surface area contributed by atoms with Crippen molar-refractivity contribution in [3.05, 3.63) is 71.3 Å². The molecule has 3 aromatic rings. The average Bonchev–Trinajstić information content (AvgIpc) is 3.10. The number of halogens is 1. The van der Waals surface area contributed by atoms with Crippen molar-refractivity contribution in [2.24, 2.45) is 0 Å². The van der Waals surface area contributed by atoms with Crippen molar-refractivity contribution in [1.82, 2.24) is 15.4 Å². The minimum Gasteiger partial charge on any atom is -0.489 e. The highest BCUT2D eigenvalue weighted by Crippen LogP contribution is 2.22. The summed E-state index contributed by atoms with van der Waals surface area (Å²) in [5.41, 5.74) is 2.45. The van der Waals surface area contributed by atoms with Gasteiger partial charge in [0.25, 0.3) is 5.91 Å². The van der Waals surface area contributed by atoms with Crippen LogP contribution < -0.4 is 10.1 Å². The van der Waals surface area contributed by atoms with Gasteiger partial charge in [0.2, 0.25) is 0 Å². The number of aromatic nitrogens is 3. The molecule has 2 aromatic carbocycles. The van der Waals surface area contributed by atoms with E-state index in [1.165, 1.54) is 18.3 Å². The van der Waals surface area contributed by atoms with Gasteiger partial charge in [0, 0.05) is 5.69 Å². The standard InChI is InChI=1S/C17H15FN4O2/c1-11-7-14(24-10-12-3-2-4-13(18)8-12)5-6-15(11)20-17(23)16-9-19-22-21-16/h2-9H,10H2,1H3,(H,20,23)(H,19,21,22). The maximum Gasteiger partial charge on any atom is 0.277 e. The van der Waals surface area contributed by atoms with Gasteiger partial charge < -0.3 is 10.1 Å². The largest absolute Gasteiger partial charge is 0.489 e. The van der Waals surface area contributed by atoms with Gasteiger partial charge in [-0.05, 0) is 48.4 Å². The number of ether oxygens (including phenoxy) is 1. The van der Waals surface area contributed by atoms with Gasteiger partial charge in [-0.2, -0.15) is 15.4 Å². The van der Waals surface area contributed by atoms with Gasteiger partial charge in [-0.25, -0.2) is 4.39 Å². The number of aryl methyl sites for hydroxylation is 1. The molecule has 0 bridgehead atoms. The third kappa shape index (κ3) is 3.75. The van der Waals surface area contributed by atoms with Crippen LogP contribution >= 0.6 is 0 Å². The topological polar surface area (TPSA) is 79.9 Å². The number of amides is 1. The van der Waals surface area contributed by atoms with E-state index in [4.69, 9.17) is 4.74 Å². The van der Waals surface area contributed by atoms with E-state index >= 15 is 0 Å². The molecule has 1 amide bonds. The average molecular weight is 326 g/mol. The zero-order chi connectivity index (χ0) is 16.9. The summed E-state index contributed by atoms with van der Waals surface area (Å²) in [6.45, 7) is 2.12. The number of rotatable bonds is 5. The molecule has 24 heavy (non-hydrogen) atoms. The molecule has 6 nitrogen and oxygen atoms in total. The molecule has 0 unspecified atom stereocenters. The molecule has 1 heterocycles. The fraction of sp³-hybridized carbons (Fsp3) is 0.118. The van der Waals surface area contributed by atoms with E-state index < -0.39 is 0 Å². The maximum absolute atomic E-state index is 13.1. The number of nitrogens with zero attached hydrogens (tertiary/aromatic N) is 2. The number of carbonyl (C=O) groups is 1. The van der Waals surface area contributed by atoms with Gasteiger partial charge in [0.05, 0.1) is 6.20 Å². The van der Waals surface area contributed by atoms with E-state index in [-0.39, 0.29) is 24.0 Å². The van der Waals surface area contributed by atoms with E-state index in [0.29, 0.717) is 11.4 Å². The molecular formula is C17H15FN4O2. The first-order valence-corrected chi connectivity index (χ1v) is 7.27. The van der Waals surface area contributed by atoms with Gasteiger partial charge in [0.1, 0.15) is 18.2 Å². The summed E-state index contributed by atoms with van der Waals surface area (Å²) in [5, 5.41) is 12.5. The first-order chi connectivity index (χ1) is 11.6. The molecule has 0 saturated heterocycles. The Labute approximate surface area is 137 Å². The SMILES string of the molecule is Cc1cc(OCc2cccc(F)c2)ccc1NC(=O)c1cn[nH]n1. The van der Waals surface area contributed by atoms with Gasteiger partial charge in [-0.15, -0.1) is 0 Å². The molecule has 0 aliphatic carbocycles. The number of hydrogen-bond acceptors (Lipinski definition) is 4. The molecule has 122 valence electrons. The van der Waals surface area contributed by atoms with Crippen molar-refractivity contribution >= 4 is 11.6 Å². The Bertz CT molecular complexity index is 850. The maximum atomic E-state index is 13.1. The van der Waals surface area contributed by atoms with E-state index in [1.54, 1.807) is 30.3 Å². The molecule has 0 aliphatic rings. The van der Waals surface area contributed by atoms with Crippen LogP contribution in [0.3, 0.4) is 0 Å². The second-order valence-corrected chi connectivity index (χ2v) is 5.20. The Morgan fingerprint density at radius 2 is 2.17 bits per heavy atom. The van der Waals surface area contributed by atoms with Crippen LogP contribution in [0.4, 0.5) is 10.1 Å². The quantitative estimate of drug-likeness (QED) is 0.755. The van der Waals surface area contributed by atoms with E-state index in [1.807, 2.05) is 6.92 Å². The Balaban J connectivity index is 1.65. The third-order valence-electron chi connectivity index (χ3n) is 3.39. The van der Waals surface area contributed by atoms with Crippen molar-refractivity contribution in [1.29, 1.82) is 0 Å². The van der Waals surface area contributed by atoms with Crippen LogP contribution in [0.2, 0.25) is 0 Å². The molecule has 0 fully saturated rings. The fourth-order valence-electron chi connectivity index (χ4n) is 2.16. The highest BCUT2D eigenvalue weighted by atomic mass is 19.1. The lowest BCUT2D eigenvalue weighted by Gasteiger charge is -2.11. The Kier molecular flexibility index (Phi) is 4.51. The summed E-state index contributed by atoms with van der Waals surface area (Å²) in [5.74, 6) is -0.00493. The first-order valence-electron chi connectivity index (χ1n) is 7.27. The summed E-state index contributed by atoms with van der Waals surface area (Å²) in [7, 11) is 0. The minimum absolute atomic E-state index is 0.209. The highest BCUT2D eigenvalue weighted by molar-refractivity contribution is 6.03. The summed E-state index contributed by atoms with van der Waals surface area (Å²) >= 11 is 0. The van der Waals surface area contributed by atoms with Crippen LogP contribution in [0, 0.1) is 12.7 Å². The molecule has 3 rings (SSSR count). The number of benzene rings is 2. The second kappa shape index (κ2) is 6.91. The lowest BCUT2D eigenvalue weighted by atomic mass is 10.2. The van der Waals surface area contributed by atoms with E-state index in [0.717, 1.165) is 11.1 Å². The van der Waals surface area contributed by atoms with E-state index in [2.05, 4.69) is 20.7 Å². The monoisotopic (exact) mass is 326 g/mol. The van der Waals surface area contributed by atoms with Crippen molar-refractivity contribution in [3.63, 3.8) is 0 Å². The molecule has 2 N–H and O–H groups in total. The van der Waals surface area contributed by atoms with Crippen LogP contribution in [0.1, 0.15) is 21.6 Å². The molecule has 0 radical (unpaired) electrons. The number of carbonyl (C=O) groups excluding carboxylic acids is 1. The number of nitrogens with one attached hydrogen (secondary N) is 2. The van der Waals surface area contributed by atoms with Crippen LogP contribution in [-0.2, 0) is 6.61 Å². The molecule has 7 heteroatoms. The van der Waals surface area contributed by atoms with Gasteiger partial charge >= 0.3 is 0 Å². The first kappa shape index (κ1) is 15.7. The molecule has 0 aliphatic heterocycles. The molecule has 0 spiro atoms. The van der Waals surface area contributed by atoms with Gasteiger partial charge in [-0.1, -0.05) is 12.1 Å². The van der Waals surface area contributed by atoms with Crippen LogP contribution in [0.25, 0.3) is 0 Å². The van der Waals surface area contributed by atoms with Crippen molar-refractivity contribution in [2.45, 2.75) is 13.5 Å². The highest BCUT2D eigenvalue weighted by Gasteiger charge is 2.10. The lowest BCUT2D eigenvalue weighted by molar-refractivity contribution is 0.102. The Hall–Kier alpha value is -3.22. The van der Waals surface area contributed by atoms with Crippen molar-refractivity contribution < 1.29 is 13.9 Å². The lowest BCUT2D eigenvalue weighted by Crippen LogP contribution is -2.13.